The van der Waals surface area contributed by atoms with E-state index in [1.165, 1.54) is 36.4 Å². The Hall–Kier alpha value is -2.68. The van der Waals surface area contributed by atoms with Crippen LogP contribution >= 0.6 is 0 Å². The summed E-state index contributed by atoms with van der Waals surface area (Å²) in [5, 5.41) is 8.75. The Labute approximate surface area is 113 Å². The fourth-order valence-corrected chi connectivity index (χ4v) is 1.78. The van der Waals surface area contributed by atoms with Crippen LogP contribution in [0.5, 0.6) is 5.75 Å². The zero-order chi connectivity index (χ0) is 14.8. The number of hydrogen-bond donors (Lipinski definition) is 1. The molecule has 0 aromatic heterocycles. The Bertz CT molecular complexity index is 675. The van der Waals surface area contributed by atoms with E-state index in [0.717, 1.165) is 0 Å². The maximum atomic E-state index is 12.4. The van der Waals surface area contributed by atoms with Gasteiger partial charge in [0, 0.05) is 16.8 Å². The van der Waals surface area contributed by atoms with Gasteiger partial charge in [-0.1, -0.05) is 24.3 Å². The summed E-state index contributed by atoms with van der Waals surface area (Å²) in [5.74, 6) is -0.337. The Balaban J connectivity index is 2.51. The molecule has 6 heteroatoms. The second-order valence-corrected chi connectivity index (χ2v) is 3.96. The highest BCUT2D eigenvalue weighted by Crippen LogP contribution is 2.36. The number of hydrogen-bond acceptors (Lipinski definition) is 3. The van der Waals surface area contributed by atoms with Gasteiger partial charge >= 0.3 is 6.36 Å². The quantitative estimate of drug-likeness (QED) is 0.852. The van der Waals surface area contributed by atoms with E-state index in [1.54, 1.807) is 6.07 Å². The molecule has 0 saturated heterocycles. The van der Waals surface area contributed by atoms with Crippen molar-refractivity contribution in [1.82, 2.24) is 0 Å². The zero-order valence-corrected chi connectivity index (χ0v) is 10.1. The number of nitriles is 1. The van der Waals surface area contributed by atoms with E-state index in [2.05, 4.69) is 4.74 Å². The molecule has 0 fully saturated rings. The van der Waals surface area contributed by atoms with E-state index >= 15 is 0 Å². The average molecular weight is 278 g/mol. The molecule has 0 saturated carbocycles. The van der Waals surface area contributed by atoms with Crippen LogP contribution in [0.3, 0.4) is 0 Å². The van der Waals surface area contributed by atoms with Gasteiger partial charge in [0.15, 0.2) is 0 Å². The van der Waals surface area contributed by atoms with Gasteiger partial charge in [-0.05, 0) is 18.2 Å². The number of para-hydroxylation sites is 1. The molecule has 0 heterocycles. The molecule has 2 rings (SSSR count). The van der Waals surface area contributed by atoms with Crippen molar-refractivity contribution in [1.29, 1.82) is 5.26 Å². The van der Waals surface area contributed by atoms with E-state index in [9.17, 15) is 13.2 Å². The first-order chi connectivity index (χ1) is 9.40. The summed E-state index contributed by atoms with van der Waals surface area (Å²) in [6.45, 7) is 0. The van der Waals surface area contributed by atoms with Crippen LogP contribution in [-0.2, 0) is 0 Å². The molecule has 2 aromatic rings. The largest absolute Gasteiger partial charge is 0.573 e. The van der Waals surface area contributed by atoms with Gasteiger partial charge in [0.2, 0.25) is 0 Å². The number of benzene rings is 2. The first-order valence-electron chi connectivity index (χ1n) is 5.55. The van der Waals surface area contributed by atoms with Gasteiger partial charge in [-0.2, -0.15) is 5.26 Å². The molecule has 2 N–H and O–H groups in total. The molecule has 0 aliphatic rings. The first kappa shape index (κ1) is 13.7. The summed E-state index contributed by atoms with van der Waals surface area (Å²) >= 11 is 0. The number of halogens is 3. The molecule has 0 spiro atoms. The summed E-state index contributed by atoms with van der Waals surface area (Å²) in [6, 6.07) is 12.0. The molecule has 0 aliphatic carbocycles. The maximum absolute atomic E-state index is 12.4. The van der Waals surface area contributed by atoms with Crippen molar-refractivity contribution in [3.63, 3.8) is 0 Å². The Morgan fingerprint density at radius 1 is 1.05 bits per heavy atom. The fraction of sp³-hybridized carbons (Fsp3) is 0.0714. The Morgan fingerprint density at radius 2 is 1.75 bits per heavy atom. The standard InChI is InChI=1S/C14H9F3N2O/c15-14(16,17)20-13-4-2-1-3-11(13)10-6-5-9(8-18)7-12(10)19/h1-7H,19H2. The van der Waals surface area contributed by atoms with Gasteiger partial charge in [-0.15, -0.1) is 13.2 Å². The van der Waals surface area contributed by atoms with Crippen molar-refractivity contribution in [2.24, 2.45) is 0 Å². The third kappa shape index (κ3) is 3.01. The lowest BCUT2D eigenvalue weighted by molar-refractivity contribution is -0.274. The topological polar surface area (TPSA) is 59.0 Å². The van der Waals surface area contributed by atoms with Crippen LogP contribution in [0.2, 0.25) is 0 Å². The van der Waals surface area contributed by atoms with E-state index in [0.29, 0.717) is 11.1 Å². The average Bonchev–Trinajstić information content (AvgIpc) is 2.38. The molecule has 2 aromatic carbocycles. The highest BCUT2D eigenvalue weighted by Gasteiger charge is 2.32. The lowest BCUT2D eigenvalue weighted by atomic mass is 10.0. The number of nitrogens with zero attached hydrogens (tertiary/aromatic N) is 1. The van der Waals surface area contributed by atoms with Crippen LogP contribution in [0.25, 0.3) is 11.1 Å². The summed E-state index contributed by atoms with van der Waals surface area (Å²) in [5.41, 5.74) is 6.91. The second kappa shape index (κ2) is 5.13. The van der Waals surface area contributed by atoms with E-state index in [1.807, 2.05) is 6.07 Å². The van der Waals surface area contributed by atoms with Crippen LogP contribution < -0.4 is 10.5 Å². The van der Waals surface area contributed by atoms with Gasteiger partial charge in [-0.25, -0.2) is 0 Å². The van der Waals surface area contributed by atoms with E-state index in [4.69, 9.17) is 11.0 Å². The van der Waals surface area contributed by atoms with Crippen molar-refractivity contribution >= 4 is 5.69 Å². The molecule has 0 aliphatic heterocycles. The molecule has 0 amide bonds. The van der Waals surface area contributed by atoms with Gasteiger partial charge < -0.3 is 10.5 Å². The monoisotopic (exact) mass is 278 g/mol. The molecule has 0 bridgehead atoms. The van der Waals surface area contributed by atoms with Crippen LogP contribution in [0, 0.1) is 11.3 Å². The van der Waals surface area contributed by atoms with Crippen molar-refractivity contribution < 1.29 is 17.9 Å². The molecule has 20 heavy (non-hydrogen) atoms. The van der Waals surface area contributed by atoms with Crippen LogP contribution in [0.15, 0.2) is 42.5 Å². The Kier molecular flexibility index (Phi) is 3.53. The smallest absolute Gasteiger partial charge is 0.405 e. The number of nitrogen functional groups attached to an aromatic ring is 1. The summed E-state index contributed by atoms with van der Waals surface area (Å²) in [6.07, 6.45) is -4.78. The van der Waals surface area contributed by atoms with Gasteiger partial charge in [0.05, 0.1) is 11.6 Å². The highest BCUT2D eigenvalue weighted by atomic mass is 19.4. The van der Waals surface area contributed by atoms with E-state index in [-0.39, 0.29) is 17.0 Å². The lowest BCUT2D eigenvalue weighted by Crippen LogP contribution is -2.17. The van der Waals surface area contributed by atoms with Gasteiger partial charge in [-0.3, -0.25) is 0 Å². The highest BCUT2D eigenvalue weighted by molar-refractivity contribution is 5.81. The van der Waals surface area contributed by atoms with Crippen molar-refractivity contribution in [2.45, 2.75) is 6.36 Å². The molecule has 0 radical (unpaired) electrons. The number of rotatable bonds is 2. The van der Waals surface area contributed by atoms with Crippen molar-refractivity contribution in [2.75, 3.05) is 5.73 Å². The number of alkyl halides is 3. The maximum Gasteiger partial charge on any atom is 0.573 e. The lowest BCUT2D eigenvalue weighted by Gasteiger charge is -2.14. The van der Waals surface area contributed by atoms with Crippen LogP contribution in [-0.4, -0.2) is 6.36 Å². The first-order valence-corrected chi connectivity index (χ1v) is 5.55. The minimum Gasteiger partial charge on any atom is -0.405 e. The molecule has 0 atom stereocenters. The number of nitrogens with two attached hydrogens (primary N) is 1. The fourth-order valence-electron chi connectivity index (χ4n) is 1.78. The SMILES string of the molecule is N#Cc1ccc(-c2ccccc2OC(F)(F)F)c(N)c1. The van der Waals surface area contributed by atoms with Gasteiger partial charge in [0.1, 0.15) is 5.75 Å². The van der Waals surface area contributed by atoms with Crippen LogP contribution in [0.1, 0.15) is 5.56 Å². The van der Waals surface area contributed by atoms with Crippen molar-refractivity contribution in [3.05, 3.63) is 48.0 Å². The molecule has 3 nitrogen and oxygen atoms in total. The van der Waals surface area contributed by atoms with Gasteiger partial charge in [0.25, 0.3) is 0 Å². The minimum atomic E-state index is -4.78. The number of ether oxygens (including phenoxy) is 1. The molecule has 102 valence electrons. The second-order valence-electron chi connectivity index (χ2n) is 3.96. The Morgan fingerprint density at radius 3 is 2.35 bits per heavy atom. The summed E-state index contributed by atoms with van der Waals surface area (Å²) < 4.78 is 41.1. The van der Waals surface area contributed by atoms with Crippen LogP contribution in [0.4, 0.5) is 18.9 Å². The molecular formula is C14H9F3N2O. The molecular weight excluding hydrogens is 269 g/mol. The number of anilines is 1. The summed E-state index contributed by atoms with van der Waals surface area (Å²) in [7, 11) is 0. The zero-order valence-electron chi connectivity index (χ0n) is 10.1. The minimum absolute atomic E-state index is 0.210. The predicted molar refractivity (Wildman–Crippen MR) is 67.7 cm³/mol. The third-order valence-corrected chi connectivity index (χ3v) is 2.58. The summed E-state index contributed by atoms with van der Waals surface area (Å²) in [4.78, 5) is 0. The predicted octanol–water partition coefficient (Wildman–Crippen LogP) is 3.71. The molecule has 0 unspecified atom stereocenters. The third-order valence-electron chi connectivity index (χ3n) is 2.58. The normalized spacial score (nSPS) is 10.9. The van der Waals surface area contributed by atoms with E-state index < -0.39 is 6.36 Å². The van der Waals surface area contributed by atoms with Crippen molar-refractivity contribution in [3.8, 4) is 22.9 Å².